The predicted molar refractivity (Wildman–Crippen MR) is 83.9 cm³/mol. The molecule has 2 aromatic rings. The summed E-state index contributed by atoms with van der Waals surface area (Å²) in [5.41, 5.74) is 1.14. The molecule has 0 bridgehead atoms. The van der Waals surface area contributed by atoms with Crippen LogP contribution in [0.4, 0.5) is 0 Å². The summed E-state index contributed by atoms with van der Waals surface area (Å²) in [7, 11) is 3.06. The molecular formula is C18H18O4. The van der Waals surface area contributed by atoms with Crippen LogP contribution in [0.5, 0.6) is 11.5 Å². The van der Waals surface area contributed by atoms with Crippen molar-refractivity contribution >= 4 is 11.6 Å². The van der Waals surface area contributed by atoms with E-state index in [9.17, 15) is 9.59 Å². The van der Waals surface area contributed by atoms with E-state index < -0.39 is 0 Å². The number of Topliss-reactive ketones (excluding diaryl/α,β-unsaturated/α-hetero) is 2. The van der Waals surface area contributed by atoms with Gasteiger partial charge in [-0.25, -0.2) is 0 Å². The van der Waals surface area contributed by atoms with Gasteiger partial charge in [-0.3, -0.25) is 9.59 Å². The van der Waals surface area contributed by atoms with Gasteiger partial charge < -0.3 is 9.47 Å². The summed E-state index contributed by atoms with van der Waals surface area (Å²) in [6.45, 7) is 0. The summed E-state index contributed by atoms with van der Waals surface area (Å²) in [6, 6.07) is 14.0. The normalized spacial score (nSPS) is 10.1. The van der Waals surface area contributed by atoms with Crippen molar-refractivity contribution in [1.82, 2.24) is 0 Å². The van der Waals surface area contributed by atoms with Crippen molar-refractivity contribution < 1.29 is 19.1 Å². The zero-order valence-corrected chi connectivity index (χ0v) is 12.7. The molecule has 0 aliphatic heterocycles. The maximum absolute atomic E-state index is 12.2. The zero-order valence-electron chi connectivity index (χ0n) is 12.7. The molecule has 114 valence electrons. The van der Waals surface area contributed by atoms with Crippen LogP contribution in [0.1, 0.15) is 33.6 Å². The Morgan fingerprint density at radius 3 is 1.95 bits per heavy atom. The standard InChI is InChI=1S/C18H18O4/c1-21-17-11-8-14(12-18(17)22-2)16(20)10-9-15(19)13-6-4-3-5-7-13/h3-8,11-12H,9-10H2,1-2H3. The third-order valence-electron chi connectivity index (χ3n) is 3.38. The highest BCUT2D eigenvalue weighted by Crippen LogP contribution is 2.28. The monoisotopic (exact) mass is 298 g/mol. The van der Waals surface area contributed by atoms with E-state index in [1.54, 1.807) is 30.3 Å². The lowest BCUT2D eigenvalue weighted by Crippen LogP contribution is -2.05. The lowest BCUT2D eigenvalue weighted by Gasteiger charge is -2.09. The number of carbonyl (C=O) groups is 2. The molecule has 2 aromatic carbocycles. The van der Waals surface area contributed by atoms with Gasteiger partial charge >= 0.3 is 0 Å². The molecule has 0 aliphatic rings. The lowest BCUT2D eigenvalue weighted by molar-refractivity contribution is 0.0917. The average Bonchev–Trinajstić information content (AvgIpc) is 2.59. The number of carbonyl (C=O) groups excluding carboxylic acids is 2. The molecule has 4 heteroatoms. The Kier molecular flexibility index (Phi) is 5.31. The van der Waals surface area contributed by atoms with Crippen LogP contribution >= 0.6 is 0 Å². The van der Waals surface area contributed by atoms with Crippen molar-refractivity contribution in [2.75, 3.05) is 14.2 Å². The molecule has 0 aliphatic carbocycles. The number of ether oxygens (including phenoxy) is 2. The van der Waals surface area contributed by atoms with Crippen LogP contribution < -0.4 is 9.47 Å². The van der Waals surface area contributed by atoms with Crippen molar-refractivity contribution in [1.29, 1.82) is 0 Å². The fourth-order valence-electron chi connectivity index (χ4n) is 2.15. The van der Waals surface area contributed by atoms with Crippen molar-refractivity contribution in [2.45, 2.75) is 12.8 Å². The maximum atomic E-state index is 12.2. The summed E-state index contributed by atoms with van der Waals surface area (Å²) in [5, 5.41) is 0. The van der Waals surface area contributed by atoms with Gasteiger partial charge in [-0.2, -0.15) is 0 Å². The molecule has 0 radical (unpaired) electrons. The highest BCUT2D eigenvalue weighted by Gasteiger charge is 2.13. The van der Waals surface area contributed by atoms with Crippen LogP contribution in [-0.2, 0) is 0 Å². The Bertz CT molecular complexity index is 662. The molecule has 0 N–H and O–H groups in total. The second-order valence-electron chi connectivity index (χ2n) is 4.78. The molecule has 0 saturated carbocycles. The van der Waals surface area contributed by atoms with Crippen LogP contribution in [-0.4, -0.2) is 25.8 Å². The van der Waals surface area contributed by atoms with Crippen molar-refractivity contribution in [2.24, 2.45) is 0 Å². The van der Waals surface area contributed by atoms with Crippen molar-refractivity contribution in [3.8, 4) is 11.5 Å². The van der Waals surface area contributed by atoms with Gasteiger partial charge in [0.2, 0.25) is 0 Å². The number of ketones is 2. The van der Waals surface area contributed by atoms with Gasteiger partial charge in [0.05, 0.1) is 14.2 Å². The van der Waals surface area contributed by atoms with Crippen LogP contribution in [0.3, 0.4) is 0 Å². The third kappa shape index (κ3) is 3.73. The third-order valence-corrected chi connectivity index (χ3v) is 3.38. The topological polar surface area (TPSA) is 52.6 Å². The Balaban J connectivity index is 2.02. The minimum absolute atomic E-state index is 0.0329. The quantitative estimate of drug-likeness (QED) is 0.734. The smallest absolute Gasteiger partial charge is 0.163 e. The van der Waals surface area contributed by atoms with Crippen molar-refractivity contribution in [3.63, 3.8) is 0 Å². The van der Waals surface area contributed by atoms with Gasteiger partial charge in [0.1, 0.15) is 0 Å². The molecule has 0 saturated heterocycles. The van der Waals surface area contributed by atoms with Crippen LogP contribution in [0, 0.1) is 0 Å². The van der Waals surface area contributed by atoms with E-state index in [4.69, 9.17) is 9.47 Å². The Labute approximate surface area is 129 Å². The SMILES string of the molecule is COc1ccc(C(=O)CCC(=O)c2ccccc2)cc1OC. The second kappa shape index (κ2) is 7.41. The molecule has 0 unspecified atom stereocenters. The first-order chi connectivity index (χ1) is 10.7. The van der Waals surface area contributed by atoms with Gasteiger partial charge in [0, 0.05) is 24.0 Å². The summed E-state index contributed by atoms with van der Waals surface area (Å²) in [4.78, 5) is 24.2. The van der Waals surface area contributed by atoms with Gasteiger partial charge in [0.25, 0.3) is 0 Å². The molecule has 4 nitrogen and oxygen atoms in total. The van der Waals surface area contributed by atoms with E-state index in [1.807, 2.05) is 18.2 Å². The number of hydrogen-bond acceptors (Lipinski definition) is 4. The van der Waals surface area contributed by atoms with Crippen LogP contribution in [0.25, 0.3) is 0 Å². The molecule has 0 heterocycles. The number of benzene rings is 2. The summed E-state index contributed by atoms with van der Waals surface area (Å²) >= 11 is 0. The van der Waals surface area contributed by atoms with E-state index in [0.717, 1.165) is 0 Å². The first kappa shape index (κ1) is 15.8. The van der Waals surface area contributed by atoms with E-state index in [-0.39, 0.29) is 24.4 Å². The number of rotatable bonds is 7. The lowest BCUT2D eigenvalue weighted by atomic mass is 10.0. The largest absolute Gasteiger partial charge is 0.493 e. The second-order valence-corrected chi connectivity index (χ2v) is 4.78. The first-order valence-electron chi connectivity index (χ1n) is 6.99. The van der Waals surface area contributed by atoms with Crippen LogP contribution in [0.15, 0.2) is 48.5 Å². The number of hydrogen-bond donors (Lipinski definition) is 0. The summed E-state index contributed by atoms with van der Waals surface area (Å²) < 4.78 is 10.3. The van der Waals surface area contributed by atoms with Gasteiger partial charge in [-0.15, -0.1) is 0 Å². The van der Waals surface area contributed by atoms with E-state index in [2.05, 4.69) is 0 Å². The molecule has 22 heavy (non-hydrogen) atoms. The molecular weight excluding hydrogens is 280 g/mol. The maximum Gasteiger partial charge on any atom is 0.163 e. The van der Waals surface area contributed by atoms with Gasteiger partial charge in [-0.1, -0.05) is 30.3 Å². The van der Waals surface area contributed by atoms with E-state index in [0.29, 0.717) is 22.6 Å². The molecule has 2 rings (SSSR count). The minimum atomic E-state index is -0.0924. The summed E-state index contributed by atoms with van der Waals surface area (Å²) in [5.74, 6) is 0.946. The summed E-state index contributed by atoms with van der Waals surface area (Å²) in [6.07, 6.45) is 0.362. The fourth-order valence-corrected chi connectivity index (χ4v) is 2.15. The van der Waals surface area contributed by atoms with Crippen molar-refractivity contribution in [3.05, 3.63) is 59.7 Å². The molecule has 0 spiro atoms. The fraction of sp³-hybridized carbons (Fsp3) is 0.222. The predicted octanol–water partition coefficient (Wildman–Crippen LogP) is 3.55. The Morgan fingerprint density at radius 1 is 0.773 bits per heavy atom. The minimum Gasteiger partial charge on any atom is -0.493 e. The Morgan fingerprint density at radius 2 is 1.36 bits per heavy atom. The van der Waals surface area contributed by atoms with E-state index >= 15 is 0 Å². The first-order valence-corrected chi connectivity index (χ1v) is 6.99. The molecule has 0 fully saturated rings. The Hall–Kier alpha value is -2.62. The van der Waals surface area contributed by atoms with Gasteiger partial charge in [-0.05, 0) is 18.2 Å². The average molecular weight is 298 g/mol. The highest BCUT2D eigenvalue weighted by atomic mass is 16.5. The number of methoxy groups -OCH3 is 2. The molecule has 0 atom stereocenters. The zero-order chi connectivity index (χ0) is 15.9. The molecule has 0 amide bonds. The van der Waals surface area contributed by atoms with Crippen LogP contribution in [0.2, 0.25) is 0 Å². The van der Waals surface area contributed by atoms with Gasteiger partial charge in [0.15, 0.2) is 23.1 Å². The molecule has 0 aromatic heterocycles. The highest BCUT2D eigenvalue weighted by molar-refractivity contribution is 6.02. The van der Waals surface area contributed by atoms with E-state index in [1.165, 1.54) is 14.2 Å².